The lowest BCUT2D eigenvalue weighted by Crippen LogP contribution is -2.39. The molecule has 8 heteroatoms. The van der Waals surface area contributed by atoms with Crippen LogP contribution in [0.25, 0.3) is 0 Å². The molecule has 3 rings (SSSR count). The van der Waals surface area contributed by atoms with Crippen LogP contribution in [0.4, 0.5) is 0 Å². The molecule has 0 saturated carbocycles. The highest BCUT2D eigenvalue weighted by molar-refractivity contribution is 7.10. The Bertz CT molecular complexity index is 834. The van der Waals surface area contributed by atoms with Crippen molar-refractivity contribution in [1.29, 1.82) is 0 Å². The third kappa shape index (κ3) is 7.25. The van der Waals surface area contributed by atoms with E-state index in [9.17, 15) is 9.90 Å². The van der Waals surface area contributed by atoms with Crippen molar-refractivity contribution in [3.05, 3.63) is 52.2 Å². The summed E-state index contributed by atoms with van der Waals surface area (Å²) in [4.78, 5) is 20.9. The fourth-order valence-electron chi connectivity index (χ4n) is 3.69. The molecule has 1 fully saturated rings. The van der Waals surface area contributed by atoms with Crippen molar-refractivity contribution in [2.45, 2.75) is 32.2 Å². The van der Waals surface area contributed by atoms with Gasteiger partial charge in [0.05, 0.1) is 12.6 Å². The van der Waals surface area contributed by atoms with E-state index in [1.54, 1.807) is 29.5 Å². The highest BCUT2D eigenvalue weighted by atomic mass is 32.1. The quantitative estimate of drug-likeness (QED) is 0.258. The van der Waals surface area contributed by atoms with Crippen LogP contribution in [0, 0.1) is 0 Å². The standard InChI is InChI=1S/C23H33N5O2S/c1-2-24-23(26-12-7-11-25-22(30)18-8-5-9-19(29)16-18)27-17-20(21-10-6-15-31-21)28-13-3-4-14-28/h5-6,8-10,15-16,20,29H,2-4,7,11-14,17H2,1H3,(H,25,30)(H2,24,26,27). The SMILES string of the molecule is CCNC(=NCC(c1cccs1)N1CCCC1)NCCCNC(=O)c1cccc(O)c1. The summed E-state index contributed by atoms with van der Waals surface area (Å²) in [6.07, 6.45) is 3.30. The smallest absolute Gasteiger partial charge is 0.251 e. The van der Waals surface area contributed by atoms with Crippen LogP contribution >= 0.6 is 11.3 Å². The summed E-state index contributed by atoms with van der Waals surface area (Å²) in [5.74, 6) is 0.721. The van der Waals surface area contributed by atoms with Crippen molar-refractivity contribution in [3.8, 4) is 5.75 Å². The Hall–Kier alpha value is -2.58. The fourth-order valence-corrected chi connectivity index (χ4v) is 4.54. The van der Waals surface area contributed by atoms with Crippen LogP contribution in [0.5, 0.6) is 5.75 Å². The van der Waals surface area contributed by atoms with Gasteiger partial charge in [0, 0.05) is 30.1 Å². The van der Waals surface area contributed by atoms with Crippen LogP contribution in [0.15, 0.2) is 46.8 Å². The summed E-state index contributed by atoms with van der Waals surface area (Å²) in [5, 5.41) is 21.2. The molecular formula is C23H33N5O2S. The van der Waals surface area contributed by atoms with Crippen LogP contribution in [0.2, 0.25) is 0 Å². The zero-order valence-corrected chi connectivity index (χ0v) is 19.0. The number of hydrogen-bond acceptors (Lipinski definition) is 5. The van der Waals surface area contributed by atoms with Gasteiger partial charge < -0.3 is 21.1 Å². The average Bonchev–Trinajstić information content (AvgIpc) is 3.48. The number of aliphatic imine (C=N–C) groups is 1. The third-order valence-corrected chi connectivity index (χ3v) is 6.23. The van der Waals surface area contributed by atoms with Crippen LogP contribution in [-0.2, 0) is 0 Å². The number of thiophene rings is 1. The Morgan fingerprint density at radius 1 is 1.16 bits per heavy atom. The zero-order chi connectivity index (χ0) is 21.9. The number of benzene rings is 1. The third-order valence-electron chi connectivity index (χ3n) is 5.26. The first-order valence-corrected chi connectivity index (χ1v) is 11.9. The predicted molar refractivity (Wildman–Crippen MR) is 127 cm³/mol. The van der Waals surface area contributed by atoms with E-state index in [1.807, 2.05) is 0 Å². The molecular weight excluding hydrogens is 410 g/mol. The molecule has 0 radical (unpaired) electrons. The van der Waals surface area contributed by atoms with E-state index in [2.05, 4.69) is 45.3 Å². The molecule has 168 valence electrons. The van der Waals surface area contributed by atoms with Gasteiger partial charge in [-0.3, -0.25) is 14.7 Å². The van der Waals surface area contributed by atoms with Gasteiger partial charge in [-0.15, -0.1) is 11.3 Å². The molecule has 7 nitrogen and oxygen atoms in total. The Kier molecular flexibility index (Phi) is 9.17. The highest BCUT2D eigenvalue weighted by Gasteiger charge is 2.24. The largest absolute Gasteiger partial charge is 0.508 e. The van der Waals surface area contributed by atoms with Crippen LogP contribution in [0.3, 0.4) is 0 Å². The van der Waals surface area contributed by atoms with Crippen molar-refractivity contribution in [3.63, 3.8) is 0 Å². The second kappa shape index (κ2) is 12.3. The number of hydrogen-bond donors (Lipinski definition) is 4. The molecule has 2 heterocycles. The summed E-state index contributed by atoms with van der Waals surface area (Å²) in [7, 11) is 0. The molecule has 1 aromatic heterocycles. The molecule has 1 amide bonds. The molecule has 0 spiro atoms. The van der Waals surface area contributed by atoms with Gasteiger partial charge in [-0.05, 0) is 68.9 Å². The molecule has 1 aliphatic rings. The number of carbonyl (C=O) groups excluding carboxylic acids is 1. The number of nitrogens with one attached hydrogen (secondary N) is 3. The van der Waals surface area contributed by atoms with E-state index in [0.717, 1.165) is 38.6 Å². The van der Waals surface area contributed by atoms with Crippen molar-refractivity contribution in [2.24, 2.45) is 4.99 Å². The molecule has 1 aliphatic heterocycles. The lowest BCUT2D eigenvalue weighted by molar-refractivity contribution is 0.0953. The molecule has 1 saturated heterocycles. The Labute approximate surface area is 188 Å². The number of rotatable bonds is 10. The number of guanidine groups is 1. The van der Waals surface area contributed by atoms with Crippen molar-refractivity contribution >= 4 is 23.2 Å². The first kappa shape index (κ1) is 23.1. The lowest BCUT2D eigenvalue weighted by atomic mass is 10.2. The van der Waals surface area contributed by atoms with Gasteiger partial charge in [0.15, 0.2) is 5.96 Å². The number of carbonyl (C=O) groups is 1. The number of phenolic OH excluding ortho intramolecular Hbond substituents is 1. The summed E-state index contributed by atoms with van der Waals surface area (Å²) < 4.78 is 0. The second-order valence-electron chi connectivity index (χ2n) is 7.58. The Morgan fingerprint density at radius 3 is 2.68 bits per heavy atom. The molecule has 1 atom stereocenters. The molecule has 1 aromatic carbocycles. The summed E-state index contributed by atoms with van der Waals surface area (Å²) in [6.45, 7) is 7.12. The number of nitrogens with zero attached hydrogens (tertiary/aromatic N) is 2. The predicted octanol–water partition coefficient (Wildman–Crippen LogP) is 2.97. The maximum Gasteiger partial charge on any atom is 0.251 e. The highest BCUT2D eigenvalue weighted by Crippen LogP contribution is 2.28. The number of phenols is 1. The summed E-state index contributed by atoms with van der Waals surface area (Å²) in [6, 6.07) is 11.0. The minimum Gasteiger partial charge on any atom is -0.508 e. The van der Waals surface area contributed by atoms with E-state index in [1.165, 1.54) is 23.8 Å². The lowest BCUT2D eigenvalue weighted by Gasteiger charge is -2.25. The average molecular weight is 444 g/mol. The first-order chi connectivity index (χ1) is 15.2. The molecule has 0 aliphatic carbocycles. The van der Waals surface area contributed by atoms with E-state index >= 15 is 0 Å². The van der Waals surface area contributed by atoms with Crippen molar-refractivity contribution < 1.29 is 9.90 Å². The fraction of sp³-hybridized carbons (Fsp3) is 0.478. The molecule has 31 heavy (non-hydrogen) atoms. The van der Waals surface area contributed by atoms with Gasteiger partial charge in [0.25, 0.3) is 5.91 Å². The van der Waals surface area contributed by atoms with E-state index in [-0.39, 0.29) is 11.7 Å². The Morgan fingerprint density at radius 2 is 1.97 bits per heavy atom. The number of likely N-dealkylation sites (tertiary alicyclic amines) is 1. The first-order valence-electron chi connectivity index (χ1n) is 11.0. The maximum atomic E-state index is 12.1. The van der Waals surface area contributed by atoms with Gasteiger partial charge in [-0.2, -0.15) is 0 Å². The second-order valence-corrected chi connectivity index (χ2v) is 8.56. The molecule has 0 bridgehead atoms. The monoisotopic (exact) mass is 443 g/mol. The topological polar surface area (TPSA) is 89.0 Å². The van der Waals surface area contributed by atoms with Gasteiger partial charge >= 0.3 is 0 Å². The van der Waals surface area contributed by atoms with E-state index in [0.29, 0.717) is 24.7 Å². The van der Waals surface area contributed by atoms with Gasteiger partial charge in [-0.25, -0.2) is 0 Å². The van der Waals surface area contributed by atoms with Gasteiger partial charge in [-0.1, -0.05) is 12.1 Å². The van der Waals surface area contributed by atoms with E-state index in [4.69, 9.17) is 4.99 Å². The van der Waals surface area contributed by atoms with Gasteiger partial charge in [0.1, 0.15) is 5.75 Å². The minimum absolute atomic E-state index is 0.0931. The van der Waals surface area contributed by atoms with Crippen molar-refractivity contribution in [2.75, 3.05) is 39.3 Å². The zero-order valence-electron chi connectivity index (χ0n) is 18.1. The summed E-state index contributed by atoms with van der Waals surface area (Å²) >= 11 is 1.80. The normalized spacial score (nSPS) is 15.6. The number of aromatic hydroxyl groups is 1. The number of amides is 1. The van der Waals surface area contributed by atoms with Crippen molar-refractivity contribution in [1.82, 2.24) is 20.9 Å². The van der Waals surface area contributed by atoms with E-state index < -0.39 is 0 Å². The van der Waals surface area contributed by atoms with Gasteiger partial charge in [0.2, 0.25) is 0 Å². The maximum absolute atomic E-state index is 12.1. The summed E-state index contributed by atoms with van der Waals surface area (Å²) in [5.41, 5.74) is 0.462. The molecule has 1 unspecified atom stereocenters. The molecule has 4 N–H and O–H groups in total. The minimum atomic E-state index is -0.180. The Balaban J connectivity index is 1.46. The van der Waals surface area contributed by atoms with Crippen LogP contribution in [0.1, 0.15) is 47.5 Å². The van der Waals surface area contributed by atoms with Crippen LogP contribution < -0.4 is 16.0 Å². The van der Waals surface area contributed by atoms with Crippen LogP contribution in [-0.4, -0.2) is 61.1 Å². The molecule has 2 aromatic rings.